The van der Waals surface area contributed by atoms with E-state index < -0.39 is 15.9 Å². The molecule has 0 amide bonds. The van der Waals surface area contributed by atoms with Crippen molar-refractivity contribution in [2.24, 2.45) is 0 Å². The van der Waals surface area contributed by atoms with Crippen molar-refractivity contribution in [3.05, 3.63) is 53.3 Å². The van der Waals surface area contributed by atoms with E-state index in [0.29, 0.717) is 15.4 Å². The summed E-state index contributed by atoms with van der Waals surface area (Å²) in [4.78, 5) is 0.550. The lowest BCUT2D eigenvalue weighted by Crippen LogP contribution is -2.21. The predicted molar refractivity (Wildman–Crippen MR) is 72.7 cm³/mol. The number of aromatic nitrogens is 3. The molecule has 0 aliphatic rings. The Bertz CT molecular complexity index is 909. The quantitative estimate of drug-likeness (QED) is 0.736. The maximum absolute atomic E-state index is 13.2. The van der Waals surface area contributed by atoms with E-state index in [1.54, 1.807) is 0 Å². The average molecular weight is 328 g/mol. The molecule has 0 atom stereocenters. The summed E-state index contributed by atoms with van der Waals surface area (Å²) in [6.45, 7) is 0. The molecule has 21 heavy (non-hydrogen) atoms. The van der Waals surface area contributed by atoms with E-state index in [-0.39, 0.29) is 10.4 Å². The van der Waals surface area contributed by atoms with Crippen LogP contribution in [0.4, 0.5) is 4.39 Å². The second-order valence-electron chi connectivity index (χ2n) is 4.08. The Labute approximate surface area is 123 Å². The summed E-state index contributed by atoms with van der Waals surface area (Å²) in [5, 5.41) is 7.62. The lowest BCUT2D eigenvalue weighted by molar-refractivity contribution is 0.244. The Balaban J connectivity index is 2.01. The van der Waals surface area contributed by atoms with Crippen molar-refractivity contribution in [3.8, 4) is 0 Å². The number of hydrogen-bond donors (Lipinski definition) is 0. The fraction of sp³-hybridized carbons (Fsp3) is 0. The Hall–Kier alpha value is -2.19. The van der Waals surface area contributed by atoms with E-state index in [1.165, 1.54) is 36.4 Å². The molecular formula is C12H7ClFN3O3S. The monoisotopic (exact) mass is 327 g/mol. The molecule has 0 bridgehead atoms. The molecule has 0 aliphatic heterocycles. The minimum atomic E-state index is -4.12. The van der Waals surface area contributed by atoms with Gasteiger partial charge in [-0.05, 0) is 41.6 Å². The minimum Gasteiger partial charge on any atom is -0.264 e. The van der Waals surface area contributed by atoms with Gasteiger partial charge in [-0.2, -0.15) is 8.42 Å². The van der Waals surface area contributed by atoms with E-state index in [4.69, 9.17) is 15.9 Å². The highest BCUT2D eigenvalue weighted by Crippen LogP contribution is 2.17. The molecule has 1 heterocycles. The zero-order chi connectivity index (χ0) is 15.0. The van der Waals surface area contributed by atoms with Crippen LogP contribution in [0.2, 0.25) is 5.02 Å². The third kappa shape index (κ3) is 2.67. The van der Waals surface area contributed by atoms with Gasteiger partial charge in [0.2, 0.25) is 0 Å². The smallest absolute Gasteiger partial charge is 0.264 e. The summed E-state index contributed by atoms with van der Waals surface area (Å²) in [6, 6.07) is 9.04. The van der Waals surface area contributed by atoms with E-state index >= 15 is 0 Å². The summed E-state index contributed by atoms with van der Waals surface area (Å²) in [5.74, 6) is -0.557. The van der Waals surface area contributed by atoms with Gasteiger partial charge in [-0.3, -0.25) is 4.28 Å². The molecule has 0 spiro atoms. The SMILES string of the molecule is O=S(=O)(On1nnc2ccc(F)cc21)c1ccc(Cl)cc1. The number of benzene rings is 2. The normalized spacial score (nSPS) is 11.7. The van der Waals surface area contributed by atoms with Crippen molar-refractivity contribution >= 4 is 32.8 Å². The first-order chi connectivity index (χ1) is 9.95. The van der Waals surface area contributed by atoms with Gasteiger partial charge >= 0.3 is 10.1 Å². The van der Waals surface area contributed by atoms with Crippen LogP contribution in [0.1, 0.15) is 0 Å². The summed E-state index contributed by atoms with van der Waals surface area (Å²) in [6.07, 6.45) is 0. The minimum absolute atomic E-state index is 0.104. The highest BCUT2D eigenvalue weighted by molar-refractivity contribution is 7.87. The van der Waals surface area contributed by atoms with Crippen LogP contribution in [-0.4, -0.2) is 23.6 Å². The van der Waals surface area contributed by atoms with Crippen LogP contribution in [0.5, 0.6) is 0 Å². The van der Waals surface area contributed by atoms with Gasteiger partial charge in [-0.1, -0.05) is 16.4 Å². The molecule has 108 valence electrons. The Morgan fingerprint density at radius 1 is 1.14 bits per heavy atom. The number of nitrogens with zero attached hydrogens (tertiary/aromatic N) is 3. The third-order valence-corrected chi connectivity index (χ3v) is 4.09. The van der Waals surface area contributed by atoms with Crippen LogP contribution >= 0.6 is 11.6 Å². The Morgan fingerprint density at radius 3 is 2.57 bits per heavy atom. The fourth-order valence-corrected chi connectivity index (χ4v) is 2.64. The lowest BCUT2D eigenvalue weighted by Gasteiger charge is -2.05. The summed E-state index contributed by atoms with van der Waals surface area (Å²) in [7, 11) is -4.12. The van der Waals surface area contributed by atoms with E-state index in [9.17, 15) is 12.8 Å². The molecule has 0 aliphatic carbocycles. The van der Waals surface area contributed by atoms with Gasteiger partial charge in [0.1, 0.15) is 21.7 Å². The van der Waals surface area contributed by atoms with Crippen molar-refractivity contribution in [2.75, 3.05) is 0 Å². The van der Waals surface area contributed by atoms with Crippen molar-refractivity contribution in [1.82, 2.24) is 15.2 Å². The molecule has 0 radical (unpaired) electrons. The van der Waals surface area contributed by atoms with Crippen molar-refractivity contribution in [1.29, 1.82) is 0 Å². The first kappa shape index (κ1) is 13.8. The molecular weight excluding hydrogens is 321 g/mol. The zero-order valence-corrected chi connectivity index (χ0v) is 11.8. The van der Waals surface area contributed by atoms with E-state index in [2.05, 4.69) is 10.3 Å². The zero-order valence-electron chi connectivity index (χ0n) is 10.3. The standard InChI is InChI=1S/C12H7ClFN3O3S/c13-8-1-4-10(5-2-8)21(18,19)20-17-12-7-9(14)3-6-11(12)15-16-17/h1-7H. The Morgan fingerprint density at radius 2 is 1.86 bits per heavy atom. The third-order valence-electron chi connectivity index (χ3n) is 2.65. The molecule has 6 nitrogen and oxygen atoms in total. The molecule has 0 fully saturated rings. The van der Waals surface area contributed by atoms with Gasteiger partial charge in [-0.15, -0.1) is 5.10 Å². The van der Waals surface area contributed by atoms with Crippen LogP contribution in [0.25, 0.3) is 11.0 Å². The highest BCUT2D eigenvalue weighted by atomic mass is 35.5. The molecule has 3 rings (SSSR count). The van der Waals surface area contributed by atoms with Gasteiger partial charge in [-0.25, -0.2) is 4.39 Å². The summed E-state index contributed by atoms with van der Waals surface area (Å²) in [5.41, 5.74) is 0.412. The van der Waals surface area contributed by atoms with Crippen LogP contribution in [0.15, 0.2) is 47.4 Å². The molecule has 0 unspecified atom stereocenters. The second kappa shape index (κ2) is 4.97. The molecule has 1 aromatic heterocycles. The Kier molecular flexibility index (Phi) is 3.26. The maximum Gasteiger partial charge on any atom is 0.358 e. The van der Waals surface area contributed by atoms with Gasteiger partial charge in [0.25, 0.3) is 0 Å². The largest absolute Gasteiger partial charge is 0.358 e. The van der Waals surface area contributed by atoms with Crippen molar-refractivity contribution in [3.63, 3.8) is 0 Å². The number of rotatable bonds is 3. The van der Waals surface area contributed by atoms with Crippen molar-refractivity contribution < 1.29 is 17.1 Å². The molecule has 9 heteroatoms. The van der Waals surface area contributed by atoms with Crippen molar-refractivity contribution in [2.45, 2.75) is 4.90 Å². The summed E-state index contributed by atoms with van der Waals surface area (Å²) < 4.78 is 42.2. The predicted octanol–water partition coefficient (Wildman–Crippen LogP) is 2.04. The van der Waals surface area contributed by atoms with Crippen LogP contribution < -0.4 is 4.28 Å². The van der Waals surface area contributed by atoms with E-state index in [0.717, 1.165) is 6.07 Å². The molecule has 3 aromatic rings. The van der Waals surface area contributed by atoms with Crippen LogP contribution in [0.3, 0.4) is 0 Å². The van der Waals surface area contributed by atoms with Crippen LogP contribution in [0, 0.1) is 5.82 Å². The van der Waals surface area contributed by atoms with Crippen LogP contribution in [-0.2, 0) is 10.1 Å². The second-order valence-corrected chi connectivity index (χ2v) is 6.04. The number of halogens is 2. The maximum atomic E-state index is 13.2. The van der Waals surface area contributed by atoms with Gasteiger partial charge in [0.15, 0.2) is 0 Å². The topological polar surface area (TPSA) is 74.1 Å². The first-order valence-corrected chi connectivity index (χ1v) is 7.46. The highest BCUT2D eigenvalue weighted by Gasteiger charge is 2.19. The van der Waals surface area contributed by atoms with Gasteiger partial charge < -0.3 is 0 Å². The fourth-order valence-electron chi connectivity index (χ4n) is 1.66. The summed E-state index contributed by atoms with van der Waals surface area (Å²) >= 11 is 5.70. The molecule has 2 aromatic carbocycles. The lowest BCUT2D eigenvalue weighted by atomic mass is 10.3. The number of fused-ring (bicyclic) bond motifs is 1. The molecule has 0 saturated carbocycles. The molecule has 0 N–H and O–H groups in total. The van der Waals surface area contributed by atoms with Gasteiger partial charge in [0.05, 0.1) is 0 Å². The van der Waals surface area contributed by atoms with Gasteiger partial charge in [0, 0.05) is 11.1 Å². The first-order valence-electron chi connectivity index (χ1n) is 5.67. The van der Waals surface area contributed by atoms with E-state index in [1.807, 2.05) is 0 Å². The molecule has 0 saturated heterocycles. The number of hydrogen-bond acceptors (Lipinski definition) is 5. The average Bonchev–Trinajstić information content (AvgIpc) is 2.81.